The molecule has 1 atom stereocenters. The van der Waals surface area contributed by atoms with Crippen molar-refractivity contribution in [2.24, 2.45) is 0 Å². The van der Waals surface area contributed by atoms with Gasteiger partial charge in [0.25, 0.3) is 0 Å². The molecule has 0 saturated heterocycles. The van der Waals surface area contributed by atoms with Gasteiger partial charge in [-0.2, -0.15) is 0 Å². The van der Waals surface area contributed by atoms with E-state index in [1.54, 1.807) is 24.5 Å². The van der Waals surface area contributed by atoms with Gasteiger partial charge < -0.3 is 15.4 Å². The van der Waals surface area contributed by atoms with E-state index in [1.807, 2.05) is 42.2 Å². The fourth-order valence-electron chi connectivity index (χ4n) is 3.09. The Bertz CT molecular complexity index is 942. The lowest BCUT2D eigenvalue weighted by Crippen LogP contribution is -2.40. The van der Waals surface area contributed by atoms with E-state index in [0.717, 1.165) is 23.4 Å². The number of aryl methyl sites for hydroxylation is 1. The Kier molecular flexibility index (Phi) is 7.70. The number of methoxy groups -OCH3 is 1. The summed E-state index contributed by atoms with van der Waals surface area (Å²) in [4.78, 5) is 25.0. The summed E-state index contributed by atoms with van der Waals surface area (Å²) in [5.74, 6) is 1.52. The first-order valence-electron chi connectivity index (χ1n) is 9.63. The van der Waals surface area contributed by atoms with E-state index in [-0.39, 0.29) is 17.7 Å². The largest absolute Gasteiger partial charge is 0.497 e. The molecule has 2 N–H and O–H groups in total. The first-order chi connectivity index (χ1) is 14.4. The van der Waals surface area contributed by atoms with Gasteiger partial charge in [-0.25, -0.2) is 9.97 Å². The molecule has 3 aromatic rings. The van der Waals surface area contributed by atoms with Crippen LogP contribution in [0.2, 0.25) is 0 Å². The lowest BCUT2D eigenvalue weighted by Gasteiger charge is -2.29. The number of nitrogens with two attached hydrogens (primary N) is 1. The smallest absolute Gasteiger partial charge is 0.233 e. The molecule has 2 aromatic heterocycles. The number of anilines is 1. The van der Waals surface area contributed by atoms with Crippen LogP contribution in [0.3, 0.4) is 0 Å². The highest BCUT2D eigenvalue weighted by molar-refractivity contribution is 7.99. The lowest BCUT2D eigenvalue weighted by molar-refractivity contribution is -0.131. The number of carbonyl (C=O) groups is 1. The van der Waals surface area contributed by atoms with Crippen LogP contribution >= 0.6 is 23.1 Å². The maximum Gasteiger partial charge on any atom is 0.233 e. The summed E-state index contributed by atoms with van der Waals surface area (Å²) in [6, 6.07) is 13.7. The lowest BCUT2D eigenvalue weighted by atomic mass is 10.1. The Labute approximate surface area is 185 Å². The van der Waals surface area contributed by atoms with Gasteiger partial charge in [-0.15, -0.1) is 11.3 Å². The highest BCUT2D eigenvalue weighted by atomic mass is 32.2. The molecule has 2 heterocycles. The van der Waals surface area contributed by atoms with Crippen LogP contribution in [-0.2, 0) is 17.8 Å². The maximum absolute atomic E-state index is 13.2. The predicted octanol–water partition coefficient (Wildman–Crippen LogP) is 4.19. The summed E-state index contributed by atoms with van der Waals surface area (Å²) in [5.41, 5.74) is 7.66. The number of amides is 1. The number of nitrogen functional groups attached to an aromatic ring is 1. The van der Waals surface area contributed by atoms with Crippen molar-refractivity contribution in [1.29, 1.82) is 0 Å². The molecule has 0 fully saturated rings. The zero-order valence-electron chi connectivity index (χ0n) is 17.4. The average molecular weight is 443 g/mol. The minimum atomic E-state index is 0.0450. The van der Waals surface area contributed by atoms with Gasteiger partial charge in [-0.05, 0) is 43.0 Å². The summed E-state index contributed by atoms with van der Waals surface area (Å²) >= 11 is 3.03. The van der Waals surface area contributed by atoms with E-state index >= 15 is 0 Å². The van der Waals surface area contributed by atoms with E-state index in [1.165, 1.54) is 16.6 Å². The molecule has 158 valence electrons. The van der Waals surface area contributed by atoms with Gasteiger partial charge in [0.15, 0.2) is 5.16 Å². The van der Waals surface area contributed by atoms with Crippen LogP contribution in [0.5, 0.6) is 5.75 Å². The molecule has 0 bridgehead atoms. The summed E-state index contributed by atoms with van der Waals surface area (Å²) in [7, 11) is 1.64. The van der Waals surface area contributed by atoms with Crippen LogP contribution < -0.4 is 10.5 Å². The van der Waals surface area contributed by atoms with Crippen LogP contribution in [0.1, 0.15) is 23.1 Å². The standard InChI is InChI=1S/C22H26N4O2S2/c1-15-11-20(23)25-22(24-15)30-14-21(27)26(16(2)12-19-5-4-10-29-19)13-17-6-8-18(28-3)9-7-17/h4-11,16H,12-14H2,1-3H3,(H2,23,24,25). The fraction of sp³-hybridized carbons (Fsp3) is 0.318. The second kappa shape index (κ2) is 10.4. The van der Waals surface area contributed by atoms with Crippen LogP contribution in [0.4, 0.5) is 5.82 Å². The van der Waals surface area contributed by atoms with Crippen molar-refractivity contribution in [2.45, 2.75) is 38.0 Å². The third-order valence-corrected chi connectivity index (χ3v) is 6.35. The van der Waals surface area contributed by atoms with Crippen molar-refractivity contribution in [1.82, 2.24) is 14.9 Å². The number of rotatable bonds is 9. The van der Waals surface area contributed by atoms with Gasteiger partial charge >= 0.3 is 0 Å². The molecule has 3 rings (SSSR count). The summed E-state index contributed by atoms with van der Waals surface area (Å²) < 4.78 is 5.24. The monoisotopic (exact) mass is 442 g/mol. The number of ether oxygens (including phenoxy) is 1. The molecule has 0 aliphatic rings. The minimum absolute atomic E-state index is 0.0450. The zero-order chi connectivity index (χ0) is 21.5. The van der Waals surface area contributed by atoms with E-state index in [0.29, 0.717) is 17.5 Å². The van der Waals surface area contributed by atoms with E-state index in [9.17, 15) is 4.79 Å². The Morgan fingerprint density at radius 1 is 1.27 bits per heavy atom. The summed E-state index contributed by atoms with van der Waals surface area (Å²) in [5, 5.41) is 2.59. The molecular formula is C22H26N4O2S2. The van der Waals surface area contributed by atoms with E-state index < -0.39 is 0 Å². The topological polar surface area (TPSA) is 81.3 Å². The van der Waals surface area contributed by atoms with Crippen LogP contribution in [0.25, 0.3) is 0 Å². The van der Waals surface area contributed by atoms with E-state index in [4.69, 9.17) is 10.5 Å². The van der Waals surface area contributed by atoms with Crippen molar-refractivity contribution >= 4 is 34.8 Å². The molecule has 6 nitrogen and oxygen atoms in total. The number of nitrogens with zero attached hydrogens (tertiary/aromatic N) is 3. The molecule has 8 heteroatoms. The van der Waals surface area contributed by atoms with Crippen molar-refractivity contribution in [3.63, 3.8) is 0 Å². The molecular weight excluding hydrogens is 416 g/mol. The number of thioether (sulfide) groups is 1. The molecule has 0 saturated carbocycles. The molecule has 1 aromatic carbocycles. The van der Waals surface area contributed by atoms with Gasteiger partial charge in [0, 0.05) is 35.6 Å². The molecule has 1 amide bonds. The number of aromatic nitrogens is 2. The van der Waals surface area contributed by atoms with Crippen LogP contribution in [-0.4, -0.2) is 39.7 Å². The van der Waals surface area contributed by atoms with Crippen molar-refractivity contribution < 1.29 is 9.53 Å². The predicted molar refractivity (Wildman–Crippen MR) is 123 cm³/mol. The molecule has 0 aliphatic heterocycles. The van der Waals surface area contributed by atoms with Gasteiger partial charge in [0.1, 0.15) is 11.6 Å². The second-order valence-corrected chi connectivity index (χ2v) is 8.98. The van der Waals surface area contributed by atoms with Gasteiger partial charge in [-0.1, -0.05) is 30.0 Å². The SMILES string of the molecule is COc1ccc(CN(C(=O)CSc2nc(C)cc(N)n2)C(C)Cc2cccs2)cc1. The number of benzene rings is 1. The maximum atomic E-state index is 13.2. The Morgan fingerprint density at radius 3 is 2.67 bits per heavy atom. The van der Waals surface area contributed by atoms with Crippen LogP contribution in [0, 0.1) is 6.92 Å². The number of carbonyl (C=O) groups excluding carboxylic acids is 1. The third-order valence-electron chi connectivity index (χ3n) is 4.62. The van der Waals surface area contributed by atoms with Crippen molar-refractivity contribution in [2.75, 3.05) is 18.6 Å². The second-order valence-electron chi connectivity index (χ2n) is 7.01. The van der Waals surface area contributed by atoms with Gasteiger partial charge in [-0.3, -0.25) is 4.79 Å². The molecule has 0 spiro atoms. The fourth-order valence-corrected chi connectivity index (χ4v) is 4.71. The van der Waals surface area contributed by atoms with Gasteiger partial charge in [0.05, 0.1) is 12.9 Å². The van der Waals surface area contributed by atoms with E-state index in [2.05, 4.69) is 28.3 Å². The van der Waals surface area contributed by atoms with Gasteiger partial charge in [0.2, 0.25) is 5.91 Å². The summed E-state index contributed by atoms with van der Waals surface area (Å²) in [6.07, 6.45) is 0.818. The first kappa shape index (κ1) is 22.1. The average Bonchev–Trinajstić information content (AvgIpc) is 3.23. The molecule has 1 unspecified atom stereocenters. The van der Waals surface area contributed by atoms with Crippen molar-refractivity contribution in [3.05, 3.63) is 64.0 Å². The quantitative estimate of drug-likeness (QED) is 0.395. The highest BCUT2D eigenvalue weighted by Gasteiger charge is 2.22. The molecule has 30 heavy (non-hydrogen) atoms. The number of hydrogen-bond acceptors (Lipinski definition) is 7. The first-order valence-corrected chi connectivity index (χ1v) is 11.5. The Morgan fingerprint density at radius 2 is 2.03 bits per heavy atom. The van der Waals surface area contributed by atoms with Crippen LogP contribution in [0.15, 0.2) is 53.0 Å². The number of thiophene rings is 1. The molecule has 0 aliphatic carbocycles. The third kappa shape index (κ3) is 6.21. The molecule has 0 radical (unpaired) electrons. The highest BCUT2D eigenvalue weighted by Crippen LogP contribution is 2.21. The number of hydrogen-bond donors (Lipinski definition) is 1. The zero-order valence-corrected chi connectivity index (χ0v) is 19.0. The summed E-state index contributed by atoms with van der Waals surface area (Å²) in [6.45, 7) is 4.49. The van der Waals surface area contributed by atoms with Crippen molar-refractivity contribution in [3.8, 4) is 5.75 Å². The Hall–Kier alpha value is -2.58. The normalized spacial score (nSPS) is 11.8. The Balaban J connectivity index is 1.73. The minimum Gasteiger partial charge on any atom is -0.497 e.